The number of hydrogen-bond donors (Lipinski definition) is 2. The minimum Gasteiger partial charge on any atom is -0.475 e. The summed E-state index contributed by atoms with van der Waals surface area (Å²) in [6, 6.07) is 6.64. The lowest BCUT2D eigenvalue weighted by molar-refractivity contribution is -0.192. The van der Waals surface area contributed by atoms with Crippen LogP contribution in [0.15, 0.2) is 22.7 Å². The van der Waals surface area contributed by atoms with Crippen molar-refractivity contribution in [2.45, 2.75) is 69.5 Å². The molecule has 2 saturated carbocycles. The molecule has 0 radical (unpaired) electrons. The number of aromatic nitrogens is 1. The van der Waals surface area contributed by atoms with Crippen molar-refractivity contribution < 1.29 is 32.3 Å². The van der Waals surface area contributed by atoms with E-state index in [1.54, 1.807) is 0 Å². The first-order chi connectivity index (χ1) is 15.6. The van der Waals surface area contributed by atoms with Gasteiger partial charge < -0.3 is 19.7 Å². The van der Waals surface area contributed by atoms with Gasteiger partial charge in [-0.15, -0.1) is 0 Å². The number of nitrogens with one attached hydrogen (secondary N) is 1. The summed E-state index contributed by atoms with van der Waals surface area (Å²) in [5, 5.41) is 16.3. The number of nitrogens with zero attached hydrogens (tertiary/aromatic N) is 1. The molecule has 1 aromatic heterocycles. The standard InChI is InChI=1S/C20H22Cl2N2O2.C2HF3O2/c1-10-13-7-12(23-10)8-17(13)25-9-14-19(24-26-20(14)11-5-6-11)18-15(21)3-2-4-16(18)22;3-2(4,5)1(6)7/h2-4,10-13,17,23H,5-9H2,1H3;(H,6,7)/t10-,12+,13+,17-;/m1./s1. The van der Waals surface area contributed by atoms with Crippen LogP contribution in [0, 0.1) is 5.92 Å². The third kappa shape index (κ3) is 5.31. The van der Waals surface area contributed by atoms with E-state index in [2.05, 4.69) is 17.4 Å². The molecule has 0 unspecified atom stereocenters. The smallest absolute Gasteiger partial charge is 0.475 e. The summed E-state index contributed by atoms with van der Waals surface area (Å²) in [5.41, 5.74) is 2.50. The number of piperidine rings is 1. The molecule has 2 bridgehead atoms. The molecule has 1 aromatic carbocycles. The van der Waals surface area contributed by atoms with Crippen molar-refractivity contribution >= 4 is 29.2 Å². The van der Waals surface area contributed by atoms with Crippen LogP contribution >= 0.6 is 23.2 Å². The van der Waals surface area contributed by atoms with E-state index in [0.29, 0.717) is 46.7 Å². The van der Waals surface area contributed by atoms with Crippen LogP contribution in [0.3, 0.4) is 0 Å². The minimum absolute atomic E-state index is 0.299. The first-order valence-corrected chi connectivity index (χ1v) is 11.4. The third-order valence-electron chi connectivity index (χ3n) is 6.34. The first kappa shape index (κ1) is 24.3. The Bertz CT molecular complexity index is 1010. The summed E-state index contributed by atoms with van der Waals surface area (Å²) >= 11 is 12.8. The lowest BCUT2D eigenvalue weighted by Crippen LogP contribution is -2.40. The molecule has 4 atom stereocenters. The molecule has 2 aliphatic carbocycles. The lowest BCUT2D eigenvalue weighted by Gasteiger charge is -2.28. The second-order valence-electron chi connectivity index (χ2n) is 8.68. The Kier molecular flexibility index (Phi) is 6.96. The van der Waals surface area contributed by atoms with E-state index >= 15 is 0 Å². The normalized spacial score (nSPS) is 26.2. The predicted octanol–water partition coefficient (Wildman–Crippen LogP) is 5.81. The molecule has 3 fully saturated rings. The van der Waals surface area contributed by atoms with E-state index in [9.17, 15) is 13.2 Å². The van der Waals surface area contributed by atoms with Gasteiger partial charge in [0.1, 0.15) is 11.5 Å². The fourth-order valence-electron chi connectivity index (χ4n) is 4.62. The second-order valence-corrected chi connectivity index (χ2v) is 9.50. The molecule has 2 heterocycles. The monoisotopic (exact) mass is 506 g/mol. The van der Waals surface area contributed by atoms with E-state index < -0.39 is 12.1 Å². The zero-order valence-electron chi connectivity index (χ0n) is 17.7. The number of carboxylic acids is 1. The number of aliphatic carboxylic acids is 1. The Labute approximate surface area is 198 Å². The number of ether oxygens (including phenoxy) is 1. The number of carbonyl (C=O) groups is 1. The number of halogens is 5. The third-order valence-corrected chi connectivity index (χ3v) is 6.97. The number of hydrogen-bond acceptors (Lipinski definition) is 5. The second kappa shape index (κ2) is 9.44. The van der Waals surface area contributed by atoms with Gasteiger partial charge in [0.05, 0.1) is 22.8 Å². The Morgan fingerprint density at radius 3 is 2.42 bits per heavy atom. The Hall–Kier alpha value is -1.81. The zero-order chi connectivity index (χ0) is 23.9. The van der Waals surface area contributed by atoms with Crippen LogP contribution in [-0.2, 0) is 16.1 Å². The molecule has 0 spiro atoms. The molecule has 33 heavy (non-hydrogen) atoms. The largest absolute Gasteiger partial charge is 0.490 e. The summed E-state index contributed by atoms with van der Waals surface area (Å²) in [6.07, 6.45) is -0.192. The average Bonchev–Trinajstić information content (AvgIpc) is 3.21. The van der Waals surface area contributed by atoms with Crippen molar-refractivity contribution in [2.75, 3.05) is 0 Å². The number of rotatable bonds is 5. The van der Waals surface area contributed by atoms with Crippen molar-refractivity contribution in [1.29, 1.82) is 0 Å². The van der Waals surface area contributed by atoms with Gasteiger partial charge in [-0.2, -0.15) is 13.2 Å². The molecule has 2 aromatic rings. The van der Waals surface area contributed by atoms with Crippen LogP contribution in [0.25, 0.3) is 11.3 Å². The van der Waals surface area contributed by atoms with E-state index in [0.717, 1.165) is 41.8 Å². The van der Waals surface area contributed by atoms with Crippen LogP contribution in [-0.4, -0.2) is 40.6 Å². The molecular formula is C22H23Cl2F3N2O4. The van der Waals surface area contributed by atoms with Crippen molar-refractivity contribution in [1.82, 2.24) is 10.5 Å². The van der Waals surface area contributed by atoms with E-state index in [-0.39, 0.29) is 0 Å². The van der Waals surface area contributed by atoms with Crippen LogP contribution in [0.1, 0.15) is 49.8 Å². The topological polar surface area (TPSA) is 84.6 Å². The van der Waals surface area contributed by atoms with Gasteiger partial charge in [0.15, 0.2) is 0 Å². The molecule has 2 N–H and O–H groups in total. The van der Waals surface area contributed by atoms with Gasteiger partial charge in [0.25, 0.3) is 0 Å². The highest BCUT2D eigenvalue weighted by Gasteiger charge is 2.45. The fourth-order valence-corrected chi connectivity index (χ4v) is 5.20. The van der Waals surface area contributed by atoms with Crippen LogP contribution in [0.2, 0.25) is 10.0 Å². The number of benzene rings is 1. The number of alkyl halides is 3. The number of carboxylic acid groups (broad SMARTS) is 1. The zero-order valence-corrected chi connectivity index (χ0v) is 19.2. The van der Waals surface area contributed by atoms with E-state index in [4.69, 9.17) is 42.4 Å². The summed E-state index contributed by atoms with van der Waals surface area (Å²) < 4.78 is 43.8. The highest BCUT2D eigenvalue weighted by Crippen LogP contribution is 2.46. The Morgan fingerprint density at radius 1 is 1.27 bits per heavy atom. The van der Waals surface area contributed by atoms with Gasteiger partial charge in [-0.05, 0) is 44.7 Å². The maximum absolute atomic E-state index is 10.6. The van der Waals surface area contributed by atoms with Gasteiger partial charge in [-0.25, -0.2) is 4.79 Å². The first-order valence-electron chi connectivity index (χ1n) is 10.7. The fraction of sp³-hybridized carbons (Fsp3) is 0.545. The molecule has 180 valence electrons. The molecule has 3 aliphatic rings. The van der Waals surface area contributed by atoms with E-state index in [1.165, 1.54) is 6.42 Å². The molecule has 1 aliphatic heterocycles. The van der Waals surface area contributed by atoms with Crippen molar-refractivity contribution in [3.63, 3.8) is 0 Å². The highest BCUT2D eigenvalue weighted by molar-refractivity contribution is 6.39. The summed E-state index contributed by atoms with van der Waals surface area (Å²) in [4.78, 5) is 8.90. The maximum Gasteiger partial charge on any atom is 0.490 e. The average molecular weight is 507 g/mol. The summed E-state index contributed by atoms with van der Waals surface area (Å²) in [7, 11) is 0. The maximum atomic E-state index is 10.6. The molecule has 1 saturated heterocycles. The summed E-state index contributed by atoms with van der Waals surface area (Å²) in [6.45, 7) is 2.76. The van der Waals surface area contributed by atoms with Crippen LogP contribution in [0.5, 0.6) is 0 Å². The van der Waals surface area contributed by atoms with Crippen molar-refractivity contribution in [2.24, 2.45) is 5.92 Å². The van der Waals surface area contributed by atoms with E-state index in [1.807, 2.05) is 18.2 Å². The molecule has 11 heteroatoms. The van der Waals surface area contributed by atoms with Crippen LogP contribution < -0.4 is 5.32 Å². The predicted molar refractivity (Wildman–Crippen MR) is 115 cm³/mol. The van der Waals surface area contributed by atoms with Gasteiger partial charge in [0, 0.05) is 35.0 Å². The van der Waals surface area contributed by atoms with Gasteiger partial charge >= 0.3 is 12.1 Å². The van der Waals surface area contributed by atoms with Gasteiger partial charge in [0.2, 0.25) is 0 Å². The quantitative estimate of drug-likeness (QED) is 0.531. The Balaban J connectivity index is 0.000000325. The molecule has 0 amide bonds. The summed E-state index contributed by atoms with van der Waals surface area (Å²) in [5.74, 6) is -0.758. The van der Waals surface area contributed by atoms with Crippen molar-refractivity contribution in [3.8, 4) is 11.3 Å². The molecule has 5 rings (SSSR count). The Morgan fingerprint density at radius 2 is 1.91 bits per heavy atom. The minimum atomic E-state index is -5.08. The highest BCUT2D eigenvalue weighted by atomic mass is 35.5. The van der Waals surface area contributed by atoms with Gasteiger partial charge in [-0.1, -0.05) is 34.4 Å². The molecule has 6 nitrogen and oxygen atoms in total. The van der Waals surface area contributed by atoms with Crippen LogP contribution in [0.4, 0.5) is 13.2 Å². The lowest BCUT2D eigenvalue weighted by atomic mass is 9.98. The van der Waals surface area contributed by atoms with Gasteiger partial charge in [-0.3, -0.25) is 0 Å². The number of fused-ring (bicyclic) bond motifs is 2. The molecular weight excluding hydrogens is 484 g/mol. The van der Waals surface area contributed by atoms with Crippen molar-refractivity contribution in [3.05, 3.63) is 39.6 Å². The SMILES string of the molecule is C[C@H]1N[C@H]2C[C@@H]1[C@H](OCc1c(-c3c(Cl)cccc3Cl)noc1C1CC1)C2.O=C(O)C(F)(F)F.